The molecule has 0 bridgehead atoms. The fourth-order valence-electron chi connectivity index (χ4n) is 2.38. The second-order valence-corrected chi connectivity index (χ2v) is 5.05. The first kappa shape index (κ1) is 16.5. The largest absolute Gasteiger partial charge is 0.456 e. The van der Waals surface area contributed by atoms with E-state index in [1.54, 1.807) is 0 Å². The van der Waals surface area contributed by atoms with Gasteiger partial charge >= 0.3 is 6.18 Å². The Morgan fingerprint density at radius 3 is 2.44 bits per heavy atom. The molecule has 0 fully saturated rings. The van der Waals surface area contributed by atoms with Crippen molar-refractivity contribution in [2.24, 2.45) is 0 Å². The molecule has 9 heteroatoms. The number of rotatable bonds is 3. The summed E-state index contributed by atoms with van der Waals surface area (Å²) in [5.41, 5.74) is -2.27. The van der Waals surface area contributed by atoms with Gasteiger partial charge in [-0.05, 0) is 18.2 Å². The summed E-state index contributed by atoms with van der Waals surface area (Å²) in [5, 5.41) is 11.2. The van der Waals surface area contributed by atoms with E-state index in [9.17, 15) is 28.1 Å². The number of hydrogen-bond donors (Lipinski definition) is 1. The third-order valence-electron chi connectivity index (χ3n) is 3.43. The molecule has 1 aromatic heterocycles. The summed E-state index contributed by atoms with van der Waals surface area (Å²) in [4.78, 5) is 24.5. The highest BCUT2D eigenvalue weighted by Gasteiger charge is 2.34. The number of aromatic nitrogens is 1. The van der Waals surface area contributed by atoms with E-state index in [1.165, 1.54) is 30.3 Å². The lowest BCUT2D eigenvalue weighted by molar-refractivity contribution is -0.383. The zero-order valence-corrected chi connectivity index (χ0v) is 12.3. The summed E-state index contributed by atoms with van der Waals surface area (Å²) in [5.74, 6) is -0.715. The van der Waals surface area contributed by atoms with Crippen LogP contribution >= 0.6 is 0 Å². The van der Waals surface area contributed by atoms with E-state index in [2.05, 4.69) is 4.98 Å². The SMILES string of the molecule is O=c1cc(Oc2ccccc2C(F)(F)F)c2cccc([N+](=O)[O-])c2[nH]1. The number of para-hydroxylation sites is 2. The molecule has 2 aromatic carbocycles. The van der Waals surface area contributed by atoms with Crippen LogP contribution in [0.2, 0.25) is 0 Å². The molecule has 6 nitrogen and oxygen atoms in total. The van der Waals surface area contributed by atoms with Crippen LogP contribution in [-0.2, 0) is 6.18 Å². The first-order valence-electron chi connectivity index (χ1n) is 6.92. The van der Waals surface area contributed by atoms with Crippen LogP contribution in [-0.4, -0.2) is 9.91 Å². The molecular formula is C16H9F3N2O4. The first-order chi connectivity index (χ1) is 11.8. The number of ether oxygens (including phenoxy) is 1. The minimum absolute atomic E-state index is 0.116. The molecule has 0 saturated carbocycles. The van der Waals surface area contributed by atoms with E-state index in [0.29, 0.717) is 0 Å². The predicted molar refractivity (Wildman–Crippen MR) is 82.7 cm³/mol. The molecule has 25 heavy (non-hydrogen) atoms. The van der Waals surface area contributed by atoms with Crippen LogP contribution in [0.5, 0.6) is 11.5 Å². The molecule has 0 aliphatic heterocycles. The highest BCUT2D eigenvalue weighted by atomic mass is 19.4. The fourth-order valence-corrected chi connectivity index (χ4v) is 2.38. The number of fused-ring (bicyclic) bond motifs is 1. The van der Waals surface area contributed by atoms with Gasteiger partial charge in [0.25, 0.3) is 11.2 Å². The molecule has 0 unspecified atom stereocenters. The number of nitrogens with zero attached hydrogens (tertiary/aromatic N) is 1. The lowest BCUT2D eigenvalue weighted by Crippen LogP contribution is -2.09. The minimum Gasteiger partial charge on any atom is -0.456 e. The monoisotopic (exact) mass is 350 g/mol. The summed E-state index contributed by atoms with van der Waals surface area (Å²) in [6, 6.07) is 9.37. The number of nitro benzene ring substituents is 1. The average molecular weight is 350 g/mol. The van der Waals surface area contributed by atoms with Gasteiger partial charge in [0.1, 0.15) is 17.0 Å². The maximum absolute atomic E-state index is 13.1. The van der Waals surface area contributed by atoms with Crippen molar-refractivity contribution in [1.29, 1.82) is 0 Å². The lowest BCUT2D eigenvalue weighted by Gasteiger charge is -2.14. The number of alkyl halides is 3. The maximum atomic E-state index is 13.1. The number of benzene rings is 2. The smallest absolute Gasteiger partial charge is 0.419 e. The number of nitrogens with one attached hydrogen (secondary N) is 1. The zero-order chi connectivity index (χ0) is 18.2. The topological polar surface area (TPSA) is 85.2 Å². The normalized spacial score (nSPS) is 11.5. The van der Waals surface area contributed by atoms with Crippen molar-refractivity contribution >= 4 is 16.6 Å². The van der Waals surface area contributed by atoms with Crippen LogP contribution in [0.4, 0.5) is 18.9 Å². The Hall–Kier alpha value is -3.36. The summed E-state index contributed by atoms with van der Waals surface area (Å²) < 4.78 is 44.5. The molecule has 3 rings (SSSR count). The Bertz CT molecular complexity index is 1030. The Morgan fingerprint density at radius 2 is 1.76 bits per heavy atom. The molecule has 0 aliphatic rings. The Balaban J connectivity index is 2.20. The van der Waals surface area contributed by atoms with Crippen LogP contribution in [0.25, 0.3) is 10.9 Å². The maximum Gasteiger partial charge on any atom is 0.419 e. The molecule has 0 radical (unpaired) electrons. The number of pyridine rings is 1. The molecule has 0 spiro atoms. The van der Waals surface area contributed by atoms with E-state index in [4.69, 9.17) is 4.74 Å². The van der Waals surface area contributed by atoms with Crippen molar-refractivity contribution in [3.05, 3.63) is 74.6 Å². The molecule has 3 aromatic rings. The van der Waals surface area contributed by atoms with Gasteiger partial charge in [0, 0.05) is 17.5 Å². The Morgan fingerprint density at radius 1 is 1.04 bits per heavy atom. The number of non-ortho nitro benzene ring substituents is 1. The molecule has 0 saturated heterocycles. The summed E-state index contributed by atoms with van der Waals surface area (Å²) in [6.45, 7) is 0. The van der Waals surface area contributed by atoms with Crippen molar-refractivity contribution in [2.75, 3.05) is 0 Å². The van der Waals surface area contributed by atoms with E-state index in [-0.39, 0.29) is 22.3 Å². The summed E-state index contributed by atoms with van der Waals surface area (Å²) >= 11 is 0. The van der Waals surface area contributed by atoms with Gasteiger partial charge in [-0.3, -0.25) is 14.9 Å². The van der Waals surface area contributed by atoms with E-state index < -0.39 is 28.0 Å². The van der Waals surface area contributed by atoms with E-state index in [1.807, 2.05) is 0 Å². The summed E-state index contributed by atoms with van der Waals surface area (Å²) in [6.07, 6.45) is -4.65. The molecule has 1 heterocycles. The van der Waals surface area contributed by atoms with Gasteiger partial charge in [0.2, 0.25) is 0 Å². The van der Waals surface area contributed by atoms with Gasteiger partial charge in [0.15, 0.2) is 0 Å². The van der Waals surface area contributed by atoms with Crippen LogP contribution in [0, 0.1) is 10.1 Å². The number of hydrogen-bond acceptors (Lipinski definition) is 4. The third kappa shape index (κ3) is 3.16. The molecule has 0 aliphatic carbocycles. The predicted octanol–water partition coefficient (Wildman–Crippen LogP) is 4.25. The molecule has 1 N–H and O–H groups in total. The number of halogens is 3. The molecule has 0 atom stereocenters. The van der Waals surface area contributed by atoms with Gasteiger partial charge in [0.05, 0.1) is 10.5 Å². The van der Waals surface area contributed by atoms with E-state index in [0.717, 1.165) is 18.2 Å². The molecule has 128 valence electrons. The van der Waals surface area contributed by atoms with Crippen molar-refractivity contribution in [3.8, 4) is 11.5 Å². The minimum atomic E-state index is -4.65. The number of nitro groups is 1. The Kier molecular flexibility index (Phi) is 3.91. The highest BCUT2D eigenvalue weighted by Crippen LogP contribution is 2.39. The van der Waals surface area contributed by atoms with Gasteiger partial charge in [-0.15, -0.1) is 0 Å². The van der Waals surface area contributed by atoms with Gasteiger partial charge in [-0.2, -0.15) is 13.2 Å². The molecular weight excluding hydrogens is 341 g/mol. The van der Waals surface area contributed by atoms with E-state index >= 15 is 0 Å². The van der Waals surface area contributed by atoms with Crippen LogP contribution in [0.1, 0.15) is 5.56 Å². The van der Waals surface area contributed by atoms with Gasteiger partial charge in [-0.1, -0.05) is 18.2 Å². The number of H-pyrrole nitrogens is 1. The summed E-state index contributed by atoms with van der Waals surface area (Å²) in [7, 11) is 0. The highest BCUT2D eigenvalue weighted by molar-refractivity contribution is 5.91. The van der Waals surface area contributed by atoms with Gasteiger partial charge in [-0.25, -0.2) is 0 Å². The second kappa shape index (κ2) is 5.93. The van der Waals surface area contributed by atoms with Crippen molar-refractivity contribution in [3.63, 3.8) is 0 Å². The van der Waals surface area contributed by atoms with Crippen molar-refractivity contribution in [2.45, 2.75) is 6.18 Å². The van der Waals surface area contributed by atoms with Crippen molar-refractivity contribution < 1.29 is 22.8 Å². The second-order valence-electron chi connectivity index (χ2n) is 5.05. The van der Waals surface area contributed by atoms with Crippen LogP contribution in [0.3, 0.4) is 0 Å². The quantitative estimate of drug-likeness (QED) is 0.565. The van der Waals surface area contributed by atoms with Crippen molar-refractivity contribution in [1.82, 2.24) is 4.98 Å². The standard InChI is InChI=1S/C16H9F3N2O4/c17-16(18,19)10-5-1-2-7-12(10)25-13-8-14(22)20-15-9(13)4-3-6-11(15)21(23)24/h1-8H,(H,20,22). The third-order valence-corrected chi connectivity index (χ3v) is 3.43. The van der Waals surface area contributed by atoms with Crippen LogP contribution in [0.15, 0.2) is 53.3 Å². The average Bonchev–Trinajstić information content (AvgIpc) is 2.53. The first-order valence-corrected chi connectivity index (χ1v) is 6.92. The number of aromatic amines is 1. The van der Waals surface area contributed by atoms with Crippen LogP contribution < -0.4 is 10.3 Å². The molecule has 0 amide bonds. The van der Waals surface area contributed by atoms with Gasteiger partial charge < -0.3 is 9.72 Å². The fraction of sp³-hybridized carbons (Fsp3) is 0.0625. The zero-order valence-electron chi connectivity index (χ0n) is 12.3. The lowest BCUT2D eigenvalue weighted by atomic mass is 10.1. The Labute approximate surface area is 137 Å².